The quantitative estimate of drug-likeness (QED) is 0.464. The van der Waals surface area contributed by atoms with E-state index in [1.165, 1.54) is 0 Å². The standard InChI is InChI=1S/C23H24N2O6/c1-13(2)30-23(28)21-15(4)31-19-10-9-16(11-18(19)21)29-12-20(26)24-25-22(27)17-8-6-5-7-14(17)3/h5-11,13H,12H2,1-4H3,(H,24,26)(H,25,27). The van der Waals surface area contributed by atoms with Gasteiger partial charge in [0.05, 0.1) is 6.10 Å². The molecule has 0 aliphatic rings. The van der Waals surface area contributed by atoms with Crippen molar-refractivity contribution < 1.29 is 28.3 Å². The summed E-state index contributed by atoms with van der Waals surface area (Å²) in [7, 11) is 0. The van der Waals surface area contributed by atoms with Crippen molar-refractivity contribution in [1.29, 1.82) is 0 Å². The first-order valence-corrected chi connectivity index (χ1v) is 9.78. The van der Waals surface area contributed by atoms with Gasteiger partial charge < -0.3 is 13.9 Å². The molecule has 2 amide bonds. The average Bonchev–Trinajstić information content (AvgIpc) is 3.05. The number of rotatable bonds is 6. The number of furan rings is 1. The molecule has 0 fully saturated rings. The van der Waals surface area contributed by atoms with Gasteiger partial charge in [-0.2, -0.15) is 0 Å². The van der Waals surface area contributed by atoms with Gasteiger partial charge in [-0.1, -0.05) is 18.2 Å². The number of ether oxygens (including phenoxy) is 2. The number of carbonyl (C=O) groups excluding carboxylic acids is 3. The van der Waals surface area contributed by atoms with Crippen molar-refractivity contribution in [3.05, 3.63) is 64.9 Å². The lowest BCUT2D eigenvalue weighted by Gasteiger charge is -2.10. The van der Waals surface area contributed by atoms with Crippen LogP contribution >= 0.6 is 0 Å². The number of nitrogens with one attached hydrogen (secondary N) is 2. The molecule has 0 aliphatic heterocycles. The van der Waals surface area contributed by atoms with Gasteiger partial charge in [0.15, 0.2) is 6.61 Å². The fourth-order valence-electron chi connectivity index (χ4n) is 3.02. The van der Waals surface area contributed by atoms with E-state index in [0.717, 1.165) is 5.56 Å². The van der Waals surface area contributed by atoms with Gasteiger partial charge in [-0.25, -0.2) is 4.79 Å². The summed E-state index contributed by atoms with van der Waals surface area (Å²) in [5, 5.41) is 0.536. The SMILES string of the molecule is Cc1ccccc1C(=O)NNC(=O)COc1ccc2oc(C)c(C(=O)OC(C)C)c2c1. The van der Waals surface area contributed by atoms with Crippen molar-refractivity contribution in [1.82, 2.24) is 10.9 Å². The number of carbonyl (C=O) groups is 3. The number of hydrazine groups is 1. The topological polar surface area (TPSA) is 107 Å². The maximum Gasteiger partial charge on any atom is 0.342 e. The van der Waals surface area contributed by atoms with Crippen LogP contribution in [0.3, 0.4) is 0 Å². The van der Waals surface area contributed by atoms with Gasteiger partial charge in [-0.15, -0.1) is 0 Å². The summed E-state index contributed by atoms with van der Waals surface area (Å²) in [4.78, 5) is 36.6. The lowest BCUT2D eigenvalue weighted by molar-refractivity contribution is -0.123. The Morgan fingerprint density at radius 3 is 2.48 bits per heavy atom. The second-order valence-electron chi connectivity index (χ2n) is 7.25. The maximum atomic E-state index is 12.4. The highest BCUT2D eigenvalue weighted by atomic mass is 16.5. The van der Waals surface area contributed by atoms with Gasteiger partial charge in [0, 0.05) is 10.9 Å². The summed E-state index contributed by atoms with van der Waals surface area (Å²) in [6.45, 7) is 6.68. The highest BCUT2D eigenvalue weighted by Crippen LogP contribution is 2.30. The predicted octanol–water partition coefficient (Wildman–Crippen LogP) is 3.45. The molecule has 3 rings (SSSR count). The lowest BCUT2D eigenvalue weighted by atomic mass is 10.1. The number of esters is 1. The highest BCUT2D eigenvalue weighted by Gasteiger charge is 2.21. The van der Waals surface area contributed by atoms with Gasteiger partial charge in [-0.05, 0) is 57.5 Å². The van der Waals surface area contributed by atoms with Crippen molar-refractivity contribution in [2.45, 2.75) is 33.8 Å². The summed E-state index contributed by atoms with van der Waals surface area (Å²) in [6.07, 6.45) is -0.269. The Kier molecular flexibility index (Phi) is 6.59. The molecule has 0 spiro atoms. The second-order valence-corrected chi connectivity index (χ2v) is 7.25. The van der Waals surface area contributed by atoms with Crippen molar-refractivity contribution >= 4 is 28.8 Å². The van der Waals surface area contributed by atoms with Crippen molar-refractivity contribution in [3.63, 3.8) is 0 Å². The number of amides is 2. The Morgan fingerprint density at radius 2 is 1.77 bits per heavy atom. The summed E-state index contributed by atoms with van der Waals surface area (Å²) in [6, 6.07) is 11.9. The Labute approximate surface area is 179 Å². The average molecular weight is 424 g/mol. The van der Waals surface area contributed by atoms with E-state index in [4.69, 9.17) is 13.9 Å². The minimum Gasteiger partial charge on any atom is -0.484 e. The smallest absolute Gasteiger partial charge is 0.342 e. The molecule has 1 heterocycles. The molecule has 8 heteroatoms. The molecule has 0 bridgehead atoms. The van der Waals surface area contributed by atoms with E-state index < -0.39 is 17.8 Å². The van der Waals surface area contributed by atoms with Gasteiger partial charge >= 0.3 is 5.97 Å². The monoisotopic (exact) mass is 424 g/mol. The number of hydrogen-bond donors (Lipinski definition) is 2. The number of hydrogen-bond acceptors (Lipinski definition) is 6. The van der Waals surface area contributed by atoms with Crippen LogP contribution in [0, 0.1) is 13.8 Å². The van der Waals surface area contributed by atoms with E-state index in [1.807, 2.05) is 6.07 Å². The molecular formula is C23H24N2O6. The molecule has 0 unspecified atom stereocenters. The fraction of sp³-hybridized carbons (Fsp3) is 0.261. The summed E-state index contributed by atoms with van der Waals surface area (Å²) >= 11 is 0. The third-order valence-corrected chi connectivity index (χ3v) is 4.46. The molecule has 31 heavy (non-hydrogen) atoms. The molecule has 0 saturated heterocycles. The first-order valence-electron chi connectivity index (χ1n) is 9.78. The zero-order chi connectivity index (χ0) is 22.5. The zero-order valence-electron chi connectivity index (χ0n) is 17.8. The van der Waals surface area contributed by atoms with Crippen LogP contribution in [0.5, 0.6) is 5.75 Å². The van der Waals surface area contributed by atoms with Crippen LogP contribution in [0.25, 0.3) is 11.0 Å². The van der Waals surface area contributed by atoms with Crippen LogP contribution < -0.4 is 15.6 Å². The molecule has 0 atom stereocenters. The van der Waals surface area contributed by atoms with Gasteiger partial charge in [0.2, 0.25) is 0 Å². The Hall–Kier alpha value is -3.81. The number of fused-ring (bicyclic) bond motifs is 1. The largest absolute Gasteiger partial charge is 0.484 e. The van der Waals surface area contributed by atoms with E-state index in [-0.39, 0.29) is 12.7 Å². The van der Waals surface area contributed by atoms with E-state index in [0.29, 0.717) is 33.6 Å². The van der Waals surface area contributed by atoms with Crippen LogP contribution in [0.1, 0.15) is 45.9 Å². The highest BCUT2D eigenvalue weighted by molar-refractivity contribution is 6.05. The predicted molar refractivity (Wildman–Crippen MR) is 114 cm³/mol. The van der Waals surface area contributed by atoms with Crippen LogP contribution in [0.4, 0.5) is 0 Å². The minimum absolute atomic E-state index is 0.269. The van der Waals surface area contributed by atoms with Crippen LogP contribution in [0.2, 0.25) is 0 Å². The van der Waals surface area contributed by atoms with Crippen LogP contribution in [0.15, 0.2) is 46.9 Å². The summed E-state index contributed by atoms with van der Waals surface area (Å²) in [5.74, 6) is -0.637. The zero-order valence-corrected chi connectivity index (χ0v) is 17.8. The third kappa shape index (κ3) is 5.22. The second kappa shape index (κ2) is 9.34. The molecule has 3 aromatic rings. The number of aryl methyl sites for hydroxylation is 2. The Bertz CT molecular complexity index is 1130. The van der Waals surface area contributed by atoms with E-state index in [1.54, 1.807) is 64.1 Å². The van der Waals surface area contributed by atoms with Crippen LogP contribution in [-0.4, -0.2) is 30.5 Å². The van der Waals surface area contributed by atoms with Gasteiger partial charge in [0.25, 0.3) is 11.8 Å². The van der Waals surface area contributed by atoms with Crippen LogP contribution in [-0.2, 0) is 9.53 Å². The van der Waals surface area contributed by atoms with Crippen molar-refractivity contribution in [2.75, 3.05) is 6.61 Å². The van der Waals surface area contributed by atoms with E-state index in [2.05, 4.69) is 10.9 Å². The molecule has 0 radical (unpaired) electrons. The molecule has 8 nitrogen and oxygen atoms in total. The van der Waals surface area contributed by atoms with E-state index >= 15 is 0 Å². The first-order chi connectivity index (χ1) is 14.8. The normalized spacial score (nSPS) is 10.7. The van der Waals surface area contributed by atoms with Gasteiger partial charge in [-0.3, -0.25) is 20.4 Å². The third-order valence-electron chi connectivity index (χ3n) is 4.46. The summed E-state index contributed by atoms with van der Waals surface area (Å²) in [5.41, 5.74) is 6.76. The molecule has 0 saturated carbocycles. The molecular weight excluding hydrogens is 400 g/mol. The molecule has 2 aromatic carbocycles. The van der Waals surface area contributed by atoms with Crippen molar-refractivity contribution in [2.24, 2.45) is 0 Å². The Morgan fingerprint density at radius 1 is 1.03 bits per heavy atom. The van der Waals surface area contributed by atoms with Gasteiger partial charge in [0.1, 0.15) is 22.7 Å². The summed E-state index contributed by atoms with van der Waals surface area (Å²) < 4.78 is 16.4. The fourth-order valence-corrected chi connectivity index (χ4v) is 3.02. The molecule has 0 aliphatic carbocycles. The molecule has 1 aromatic heterocycles. The first kappa shape index (κ1) is 21.9. The minimum atomic E-state index is -0.537. The number of benzene rings is 2. The molecule has 162 valence electrons. The van der Waals surface area contributed by atoms with Crippen molar-refractivity contribution in [3.8, 4) is 5.75 Å². The lowest BCUT2D eigenvalue weighted by Crippen LogP contribution is -2.44. The van der Waals surface area contributed by atoms with E-state index in [9.17, 15) is 14.4 Å². The molecule has 2 N–H and O–H groups in total. The maximum absolute atomic E-state index is 12.4. The Balaban J connectivity index is 1.63.